The van der Waals surface area contributed by atoms with Gasteiger partial charge in [0.15, 0.2) is 5.16 Å². The summed E-state index contributed by atoms with van der Waals surface area (Å²) in [6.45, 7) is 7.68. The minimum absolute atomic E-state index is 0.220. The Balaban J connectivity index is 2.55. The van der Waals surface area contributed by atoms with Gasteiger partial charge in [0, 0.05) is 17.3 Å². The molecule has 1 heterocycles. The smallest absolute Gasteiger partial charge is 0.188 e. The van der Waals surface area contributed by atoms with Crippen molar-refractivity contribution < 1.29 is 4.79 Å². The van der Waals surface area contributed by atoms with Gasteiger partial charge >= 0.3 is 0 Å². The Bertz CT molecular complexity index is 358. The van der Waals surface area contributed by atoms with Gasteiger partial charge in [-0.1, -0.05) is 32.5 Å². The van der Waals surface area contributed by atoms with Crippen molar-refractivity contribution in [1.82, 2.24) is 9.97 Å². The van der Waals surface area contributed by atoms with E-state index >= 15 is 0 Å². The van der Waals surface area contributed by atoms with Crippen molar-refractivity contribution in [3.8, 4) is 0 Å². The van der Waals surface area contributed by atoms with Gasteiger partial charge in [-0.2, -0.15) is 0 Å². The highest BCUT2D eigenvalue weighted by Crippen LogP contribution is 2.20. The van der Waals surface area contributed by atoms with Crippen LogP contribution in [0.15, 0.2) is 17.4 Å². The van der Waals surface area contributed by atoms with Crippen LogP contribution in [0.5, 0.6) is 0 Å². The van der Waals surface area contributed by atoms with Gasteiger partial charge in [-0.3, -0.25) is 4.79 Å². The summed E-state index contributed by atoms with van der Waals surface area (Å²) in [5.41, 5.74) is 0.646. The number of carbonyl (C=O) groups excluding carboxylic acids is 1. The van der Waals surface area contributed by atoms with Gasteiger partial charge in [0.25, 0.3) is 0 Å². The highest BCUT2D eigenvalue weighted by atomic mass is 32.2. The van der Waals surface area contributed by atoms with E-state index in [1.54, 1.807) is 6.20 Å². The summed E-state index contributed by atoms with van der Waals surface area (Å²) in [5, 5.41) is 0.674. The Hall–Kier alpha value is -0.900. The Labute approximate surface area is 94.7 Å². The number of rotatable bonds is 3. The number of hydrogen-bond acceptors (Lipinski definition) is 4. The van der Waals surface area contributed by atoms with E-state index in [4.69, 9.17) is 0 Å². The van der Waals surface area contributed by atoms with E-state index in [0.717, 1.165) is 5.69 Å². The lowest BCUT2D eigenvalue weighted by molar-refractivity contribution is -0.123. The number of aryl methyl sites for hydroxylation is 1. The quantitative estimate of drug-likeness (QED) is 0.584. The normalized spacial score (nSPS) is 11.5. The number of hydrogen-bond donors (Lipinski definition) is 0. The molecule has 0 saturated carbocycles. The monoisotopic (exact) mass is 224 g/mol. The second-order valence-corrected chi connectivity index (χ2v) is 5.38. The predicted molar refractivity (Wildman–Crippen MR) is 62.0 cm³/mol. The minimum atomic E-state index is -0.281. The molecule has 0 amide bonds. The molecule has 0 spiro atoms. The number of carbonyl (C=O) groups is 1. The second kappa shape index (κ2) is 4.75. The van der Waals surface area contributed by atoms with Crippen molar-refractivity contribution in [2.45, 2.75) is 32.9 Å². The fourth-order valence-electron chi connectivity index (χ4n) is 0.842. The maximum Gasteiger partial charge on any atom is 0.188 e. The Morgan fingerprint density at radius 2 is 2.13 bits per heavy atom. The van der Waals surface area contributed by atoms with Gasteiger partial charge in [-0.25, -0.2) is 9.97 Å². The zero-order valence-corrected chi connectivity index (χ0v) is 10.4. The van der Waals surface area contributed by atoms with Crippen LogP contribution in [0.1, 0.15) is 26.5 Å². The molecule has 1 aromatic rings. The first-order chi connectivity index (χ1) is 6.89. The van der Waals surface area contributed by atoms with Crippen LogP contribution >= 0.6 is 11.8 Å². The Morgan fingerprint density at radius 1 is 1.47 bits per heavy atom. The van der Waals surface area contributed by atoms with Crippen molar-refractivity contribution >= 4 is 17.5 Å². The molecule has 0 aliphatic rings. The maximum absolute atomic E-state index is 11.6. The second-order valence-electron chi connectivity index (χ2n) is 4.44. The maximum atomic E-state index is 11.6. The molecule has 3 nitrogen and oxygen atoms in total. The van der Waals surface area contributed by atoms with E-state index in [1.165, 1.54) is 11.8 Å². The van der Waals surface area contributed by atoms with E-state index in [9.17, 15) is 4.79 Å². The van der Waals surface area contributed by atoms with Gasteiger partial charge < -0.3 is 0 Å². The fraction of sp³-hybridized carbons (Fsp3) is 0.545. The molecule has 0 aromatic carbocycles. The van der Waals surface area contributed by atoms with Gasteiger partial charge in [0.1, 0.15) is 5.78 Å². The number of ketones is 1. The first-order valence-electron chi connectivity index (χ1n) is 4.85. The van der Waals surface area contributed by atoms with Crippen LogP contribution in [0.4, 0.5) is 0 Å². The van der Waals surface area contributed by atoms with E-state index in [1.807, 2.05) is 33.8 Å². The summed E-state index contributed by atoms with van der Waals surface area (Å²) < 4.78 is 0. The summed E-state index contributed by atoms with van der Waals surface area (Å²) in [7, 11) is 0. The molecule has 0 saturated heterocycles. The van der Waals surface area contributed by atoms with Gasteiger partial charge in [-0.15, -0.1) is 0 Å². The van der Waals surface area contributed by atoms with Crippen molar-refractivity contribution in [2.24, 2.45) is 5.41 Å². The van der Waals surface area contributed by atoms with Crippen LogP contribution in [0.3, 0.4) is 0 Å². The van der Waals surface area contributed by atoms with Crippen LogP contribution in [0, 0.1) is 12.3 Å². The summed E-state index contributed by atoms with van der Waals surface area (Å²) in [5.74, 6) is 0.657. The molecule has 0 atom stereocenters. The predicted octanol–water partition coefficient (Wildman–Crippen LogP) is 2.49. The molecule has 1 rings (SSSR count). The molecule has 15 heavy (non-hydrogen) atoms. The van der Waals surface area contributed by atoms with E-state index in [2.05, 4.69) is 9.97 Å². The summed E-state index contributed by atoms with van der Waals surface area (Å²) in [6.07, 6.45) is 1.71. The Kier molecular flexibility index (Phi) is 3.85. The molecule has 0 unspecified atom stereocenters. The van der Waals surface area contributed by atoms with E-state index < -0.39 is 0 Å². The lowest BCUT2D eigenvalue weighted by atomic mass is 9.92. The van der Waals surface area contributed by atoms with Gasteiger partial charge in [-0.05, 0) is 13.0 Å². The number of nitrogens with zero attached hydrogens (tertiary/aromatic N) is 2. The third-order valence-electron chi connectivity index (χ3n) is 1.94. The highest BCUT2D eigenvalue weighted by Gasteiger charge is 2.21. The molecule has 0 N–H and O–H groups in total. The van der Waals surface area contributed by atoms with E-state index in [0.29, 0.717) is 10.9 Å². The standard InChI is InChI=1S/C11H16N2OS/c1-8-5-6-12-10(13-8)15-7-9(14)11(2,3)4/h5-6H,7H2,1-4H3. The fourth-order valence-corrected chi connectivity index (χ4v) is 1.88. The van der Waals surface area contributed by atoms with Crippen LogP contribution in [0.25, 0.3) is 0 Å². The van der Waals surface area contributed by atoms with Gasteiger partial charge in [0.05, 0.1) is 5.75 Å². The molecule has 0 aliphatic carbocycles. The van der Waals surface area contributed by atoms with Crippen LogP contribution < -0.4 is 0 Å². The largest absolute Gasteiger partial charge is 0.298 e. The van der Waals surface area contributed by atoms with Gasteiger partial charge in [0.2, 0.25) is 0 Å². The zero-order chi connectivity index (χ0) is 11.5. The molecule has 82 valence electrons. The first-order valence-corrected chi connectivity index (χ1v) is 5.84. The number of aromatic nitrogens is 2. The lowest BCUT2D eigenvalue weighted by Crippen LogP contribution is -2.22. The molecular formula is C11H16N2OS. The minimum Gasteiger partial charge on any atom is -0.298 e. The molecule has 4 heteroatoms. The summed E-state index contributed by atoms with van der Waals surface area (Å²) in [6, 6.07) is 1.84. The summed E-state index contributed by atoms with van der Waals surface area (Å²) in [4.78, 5) is 20.0. The molecule has 0 bridgehead atoms. The lowest BCUT2D eigenvalue weighted by Gasteiger charge is -2.15. The SMILES string of the molecule is Cc1ccnc(SCC(=O)C(C)(C)C)n1. The first kappa shape index (κ1) is 12.2. The van der Waals surface area contributed by atoms with Crippen molar-refractivity contribution in [3.05, 3.63) is 18.0 Å². The molecule has 1 aromatic heterocycles. The third-order valence-corrected chi connectivity index (χ3v) is 2.80. The topological polar surface area (TPSA) is 42.9 Å². The Morgan fingerprint density at radius 3 is 2.67 bits per heavy atom. The van der Waals surface area contributed by atoms with E-state index in [-0.39, 0.29) is 11.2 Å². The van der Waals surface area contributed by atoms with Crippen molar-refractivity contribution in [3.63, 3.8) is 0 Å². The third kappa shape index (κ3) is 4.00. The number of Topliss-reactive ketones (excluding diaryl/α,β-unsaturated/α-hetero) is 1. The van der Waals surface area contributed by atoms with Crippen LogP contribution in [0.2, 0.25) is 0 Å². The summed E-state index contributed by atoms with van der Waals surface area (Å²) >= 11 is 1.40. The average molecular weight is 224 g/mol. The van der Waals surface area contributed by atoms with Crippen molar-refractivity contribution in [1.29, 1.82) is 0 Å². The van der Waals surface area contributed by atoms with Crippen molar-refractivity contribution in [2.75, 3.05) is 5.75 Å². The molecular weight excluding hydrogens is 208 g/mol. The zero-order valence-electron chi connectivity index (χ0n) is 9.57. The highest BCUT2D eigenvalue weighted by molar-refractivity contribution is 7.99. The number of thioether (sulfide) groups is 1. The molecule has 0 fully saturated rings. The molecule has 0 aliphatic heterocycles. The molecule has 0 radical (unpaired) electrons. The van der Waals surface area contributed by atoms with Crippen LogP contribution in [-0.4, -0.2) is 21.5 Å². The van der Waals surface area contributed by atoms with Crippen LogP contribution in [-0.2, 0) is 4.79 Å². The average Bonchev–Trinajstić information content (AvgIpc) is 2.12.